The van der Waals surface area contributed by atoms with Crippen LogP contribution in [0, 0.1) is 35.0 Å². The van der Waals surface area contributed by atoms with Gasteiger partial charge in [0.2, 0.25) is 0 Å². The van der Waals surface area contributed by atoms with E-state index < -0.39 is 0 Å². The summed E-state index contributed by atoms with van der Waals surface area (Å²) in [5.41, 5.74) is 3.72. The minimum absolute atomic E-state index is 0.410. The average Bonchev–Trinajstić information content (AvgIpc) is 2.86. The van der Waals surface area contributed by atoms with E-state index in [0.29, 0.717) is 5.41 Å². The van der Waals surface area contributed by atoms with E-state index in [1.54, 1.807) is 11.1 Å². The predicted octanol–water partition coefficient (Wildman–Crippen LogP) is 6.47. The largest absolute Gasteiger partial charge is 0.0767 e. The monoisotopic (exact) mass is 276 g/mol. The summed E-state index contributed by atoms with van der Waals surface area (Å²) >= 11 is 0. The predicted molar refractivity (Wildman–Crippen MR) is 89.7 cm³/mol. The Morgan fingerprint density at radius 3 is 2.15 bits per heavy atom. The summed E-state index contributed by atoms with van der Waals surface area (Å²) in [7, 11) is 0. The zero-order valence-corrected chi connectivity index (χ0v) is 14.9. The van der Waals surface area contributed by atoms with Gasteiger partial charge in [0, 0.05) is 0 Å². The molecule has 0 amide bonds. The normalized spacial score (nSPS) is 36.5. The second-order valence-electron chi connectivity index (χ2n) is 8.69. The summed E-state index contributed by atoms with van der Waals surface area (Å²) in [6.07, 6.45) is 7.05. The second kappa shape index (κ2) is 5.85. The first-order chi connectivity index (χ1) is 9.27. The average molecular weight is 277 g/mol. The molecule has 2 aliphatic rings. The van der Waals surface area contributed by atoms with Crippen LogP contribution in [0.25, 0.3) is 0 Å². The van der Waals surface area contributed by atoms with Gasteiger partial charge in [-0.15, -0.1) is 0 Å². The van der Waals surface area contributed by atoms with Crippen molar-refractivity contribution in [3.05, 3.63) is 11.1 Å². The van der Waals surface area contributed by atoms with Gasteiger partial charge in [-0.2, -0.15) is 0 Å². The van der Waals surface area contributed by atoms with Crippen molar-refractivity contribution in [2.45, 2.75) is 80.6 Å². The van der Waals surface area contributed by atoms with Gasteiger partial charge in [0.1, 0.15) is 0 Å². The van der Waals surface area contributed by atoms with Crippen molar-refractivity contribution in [2.24, 2.45) is 35.0 Å². The topological polar surface area (TPSA) is 0 Å². The van der Waals surface area contributed by atoms with Crippen LogP contribution >= 0.6 is 0 Å². The Hall–Kier alpha value is -0.260. The molecular formula is C20H36. The lowest BCUT2D eigenvalue weighted by molar-refractivity contribution is 0.149. The Labute approximate surface area is 127 Å². The van der Waals surface area contributed by atoms with E-state index in [9.17, 15) is 0 Å². The highest BCUT2D eigenvalue weighted by Crippen LogP contribution is 2.58. The Morgan fingerprint density at radius 2 is 1.70 bits per heavy atom. The van der Waals surface area contributed by atoms with Gasteiger partial charge in [-0.1, -0.05) is 52.2 Å². The molecule has 2 bridgehead atoms. The Kier molecular flexibility index (Phi) is 4.72. The smallest absolute Gasteiger partial charge is 0.0139 e. The van der Waals surface area contributed by atoms with Crippen molar-refractivity contribution in [1.82, 2.24) is 0 Å². The van der Waals surface area contributed by atoms with Crippen LogP contribution in [0.1, 0.15) is 80.6 Å². The first-order valence-electron chi connectivity index (χ1n) is 8.94. The molecule has 0 nitrogen and oxygen atoms in total. The lowest BCUT2D eigenvalue weighted by Gasteiger charge is -2.38. The lowest BCUT2D eigenvalue weighted by Crippen LogP contribution is -2.29. The maximum absolute atomic E-state index is 2.52. The molecule has 20 heavy (non-hydrogen) atoms. The van der Waals surface area contributed by atoms with E-state index >= 15 is 0 Å². The number of hydrogen-bond donors (Lipinski definition) is 0. The summed E-state index contributed by atoms with van der Waals surface area (Å²) < 4.78 is 0. The maximum atomic E-state index is 2.52. The zero-order chi connectivity index (χ0) is 15.1. The van der Waals surface area contributed by atoms with Crippen LogP contribution in [-0.4, -0.2) is 0 Å². The molecule has 5 unspecified atom stereocenters. The minimum atomic E-state index is 0.410. The molecule has 2 saturated carbocycles. The first kappa shape index (κ1) is 16.1. The van der Waals surface area contributed by atoms with E-state index in [4.69, 9.17) is 0 Å². The Morgan fingerprint density at radius 1 is 1.05 bits per heavy atom. The highest BCUT2D eigenvalue weighted by atomic mass is 14.5. The van der Waals surface area contributed by atoms with Gasteiger partial charge in [0.25, 0.3) is 0 Å². The van der Waals surface area contributed by atoms with Crippen LogP contribution in [-0.2, 0) is 0 Å². The fourth-order valence-corrected chi connectivity index (χ4v) is 5.62. The van der Waals surface area contributed by atoms with Crippen molar-refractivity contribution in [2.75, 3.05) is 0 Å². The molecule has 2 rings (SSSR count). The van der Waals surface area contributed by atoms with Gasteiger partial charge in [-0.25, -0.2) is 0 Å². The van der Waals surface area contributed by atoms with E-state index in [2.05, 4.69) is 48.5 Å². The number of rotatable bonds is 5. The lowest BCUT2D eigenvalue weighted by atomic mass is 9.67. The third kappa shape index (κ3) is 2.85. The molecule has 0 spiro atoms. The van der Waals surface area contributed by atoms with E-state index in [-0.39, 0.29) is 0 Å². The molecule has 5 atom stereocenters. The summed E-state index contributed by atoms with van der Waals surface area (Å²) in [5.74, 6) is 5.01. The first-order valence-corrected chi connectivity index (χ1v) is 8.94. The summed E-state index contributed by atoms with van der Waals surface area (Å²) in [6, 6.07) is 0. The van der Waals surface area contributed by atoms with Gasteiger partial charge in [0.05, 0.1) is 0 Å². The molecule has 2 fully saturated rings. The zero-order valence-electron chi connectivity index (χ0n) is 14.9. The fraction of sp³-hybridized carbons (Fsp3) is 0.900. The molecule has 0 saturated heterocycles. The van der Waals surface area contributed by atoms with Gasteiger partial charge < -0.3 is 0 Å². The molecule has 116 valence electrons. The molecule has 0 heteroatoms. The van der Waals surface area contributed by atoms with Crippen LogP contribution in [0.15, 0.2) is 11.1 Å². The van der Waals surface area contributed by atoms with E-state index in [1.807, 2.05) is 0 Å². The highest BCUT2D eigenvalue weighted by Gasteiger charge is 2.49. The summed E-state index contributed by atoms with van der Waals surface area (Å²) in [5, 5.41) is 0. The van der Waals surface area contributed by atoms with Crippen LogP contribution in [0.4, 0.5) is 0 Å². The van der Waals surface area contributed by atoms with Gasteiger partial charge in [-0.3, -0.25) is 0 Å². The standard InChI is InChI=1S/C20H36/c1-8-9-19(13(2)3)20(6,7)12-17-10-16-11-18(17)15(5)14(16)4/h14-18H,8-12H2,1-7H3. The second-order valence-corrected chi connectivity index (χ2v) is 8.69. The fourth-order valence-electron chi connectivity index (χ4n) is 5.62. The van der Waals surface area contributed by atoms with Crippen LogP contribution < -0.4 is 0 Å². The number of hydrogen-bond acceptors (Lipinski definition) is 0. The summed E-state index contributed by atoms with van der Waals surface area (Å²) in [6.45, 7) is 17.0. The number of fused-ring (bicyclic) bond motifs is 2. The summed E-state index contributed by atoms with van der Waals surface area (Å²) in [4.78, 5) is 0. The van der Waals surface area contributed by atoms with Crippen molar-refractivity contribution >= 4 is 0 Å². The van der Waals surface area contributed by atoms with Gasteiger partial charge in [0.15, 0.2) is 0 Å². The molecule has 0 aliphatic heterocycles. The van der Waals surface area contributed by atoms with Crippen LogP contribution in [0.5, 0.6) is 0 Å². The van der Waals surface area contributed by atoms with E-state index in [0.717, 1.165) is 29.6 Å². The quantitative estimate of drug-likeness (QED) is 0.505. The Bertz CT molecular complexity index is 367. The molecule has 2 aliphatic carbocycles. The molecule has 0 aromatic rings. The molecule has 0 aromatic heterocycles. The Balaban J connectivity index is 2.08. The van der Waals surface area contributed by atoms with Crippen molar-refractivity contribution in [3.8, 4) is 0 Å². The third-order valence-electron chi connectivity index (χ3n) is 6.73. The third-order valence-corrected chi connectivity index (χ3v) is 6.73. The molecular weight excluding hydrogens is 240 g/mol. The molecule has 0 heterocycles. The maximum Gasteiger partial charge on any atom is -0.0139 e. The van der Waals surface area contributed by atoms with Crippen LogP contribution in [0.2, 0.25) is 0 Å². The van der Waals surface area contributed by atoms with Crippen molar-refractivity contribution < 1.29 is 0 Å². The SMILES string of the molecule is CCCC(=C(C)C)C(C)(C)CC1CC2CC1C(C)C2C. The van der Waals surface area contributed by atoms with Gasteiger partial charge >= 0.3 is 0 Å². The van der Waals surface area contributed by atoms with Crippen molar-refractivity contribution in [1.29, 1.82) is 0 Å². The molecule has 0 radical (unpaired) electrons. The van der Waals surface area contributed by atoms with E-state index in [1.165, 1.54) is 32.1 Å². The number of allylic oxidation sites excluding steroid dienone is 2. The highest BCUT2D eigenvalue weighted by molar-refractivity contribution is 5.18. The van der Waals surface area contributed by atoms with Crippen molar-refractivity contribution in [3.63, 3.8) is 0 Å². The van der Waals surface area contributed by atoms with Gasteiger partial charge in [-0.05, 0) is 74.5 Å². The minimum Gasteiger partial charge on any atom is -0.0767 e. The van der Waals surface area contributed by atoms with Crippen LogP contribution in [0.3, 0.4) is 0 Å². The molecule has 0 N–H and O–H groups in total. The molecule has 0 aromatic carbocycles.